The predicted octanol–water partition coefficient (Wildman–Crippen LogP) is 2.53. The molecule has 0 N–H and O–H groups in total. The number of amides is 1. The number of benzene rings is 1. The molecule has 0 bridgehead atoms. The van der Waals surface area contributed by atoms with Gasteiger partial charge in [0, 0.05) is 51.2 Å². The molecule has 31 heavy (non-hydrogen) atoms. The quantitative estimate of drug-likeness (QED) is 0.510. The van der Waals surface area contributed by atoms with E-state index in [1.807, 2.05) is 0 Å². The van der Waals surface area contributed by atoms with E-state index < -0.39 is 0 Å². The third-order valence-electron chi connectivity index (χ3n) is 5.49. The lowest BCUT2D eigenvalue weighted by Crippen LogP contribution is -2.49. The molecule has 4 heterocycles. The molecule has 1 aromatic carbocycles. The minimum Gasteiger partial charge on any atom is -0.337 e. The van der Waals surface area contributed by atoms with Crippen LogP contribution in [0, 0.1) is 5.82 Å². The average molecular weight is 417 g/mol. The van der Waals surface area contributed by atoms with Gasteiger partial charge in [0.25, 0.3) is 5.91 Å². The minimum absolute atomic E-state index is 0.119. The number of hydrogen-bond acceptors (Lipinski definition) is 6. The van der Waals surface area contributed by atoms with Crippen LogP contribution >= 0.6 is 0 Å². The molecule has 0 aliphatic carbocycles. The Bertz CT molecular complexity index is 1250. The fraction of sp³-hybridized carbons (Fsp3) is 0.227. The number of hydrogen-bond donors (Lipinski definition) is 0. The number of aryl methyl sites for hydroxylation is 1. The Hall–Kier alpha value is -3.88. The molecule has 3 aromatic heterocycles. The smallest absolute Gasteiger partial charge is 0.254 e. The summed E-state index contributed by atoms with van der Waals surface area (Å²) in [5.41, 5.74) is 1.78. The molecule has 0 saturated carbocycles. The number of carbonyl (C=O) groups excluding carboxylic acids is 1. The summed E-state index contributed by atoms with van der Waals surface area (Å²) < 4.78 is 16.0. The first-order valence-corrected chi connectivity index (χ1v) is 10.0. The van der Waals surface area contributed by atoms with Crippen LogP contribution in [0.3, 0.4) is 0 Å². The largest absolute Gasteiger partial charge is 0.337 e. The number of pyridine rings is 1. The summed E-state index contributed by atoms with van der Waals surface area (Å²) in [6.07, 6.45) is 5.05. The lowest BCUT2D eigenvalue weighted by atomic mass is 10.1. The zero-order valence-corrected chi connectivity index (χ0v) is 16.9. The first kappa shape index (κ1) is 19.1. The van der Waals surface area contributed by atoms with Crippen LogP contribution in [0.2, 0.25) is 0 Å². The molecule has 1 saturated heterocycles. The van der Waals surface area contributed by atoms with E-state index in [2.05, 4.69) is 25.0 Å². The second kappa shape index (κ2) is 7.75. The topological polar surface area (TPSA) is 80.0 Å². The fourth-order valence-electron chi connectivity index (χ4n) is 3.83. The number of nitrogens with zero attached hydrogens (tertiary/aromatic N) is 7. The molecule has 9 heteroatoms. The second-order valence-electron chi connectivity index (χ2n) is 7.37. The van der Waals surface area contributed by atoms with Crippen molar-refractivity contribution in [1.29, 1.82) is 0 Å². The molecule has 1 amide bonds. The van der Waals surface area contributed by atoms with Crippen LogP contribution in [-0.4, -0.2) is 61.7 Å². The Morgan fingerprint density at radius 2 is 1.77 bits per heavy atom. The molecule has 1 aliphatic heterocycles. The van der Waals surface area contributed by atoms with Crippen molar-refractivity contribution in [1.82, 2.24) is 29.6 Å². The number of rotatable bonds is 3. The maximum absolute atomic E-state index is 14.4. The standard InChI is InChI=1S/C22H20FN7O/c1-28-20-17(14-26-28)16(13-19(27-20)15-5-2-3-6-18(15)23)21(31)29-9-11-30(12-10-29)22-24-7-4-8-25-22/h2-8,13-14H,9-12H2,1H3. The summed E-state index contributed by atoms with van der Waals surface area (Å²) in [5.74, 6) is 0.160. The molecule has 0 unspecified atom stereocenters. The summed E-state index contributed by atoms with van der Waals surface area (Å²) in [6, 6.07) is 9.86. The van der Waals surface area contributed by atoms with Gasteiger partial charge in [-0.1, -0.05) is 12.1 Å². The zero-order valence-electron chi connectivity index (χ0n) is 16.9. The van der Waals surface area contributed by atoms with Crippen LogP contribution in [0.1, 0.15) is 10.4 Å². The van der Waals surface area contributed by atoms with Gasteiger partial charge in [-0.3, -0.25) is 9.48 Å². The summed E-state index contributed by atoms with van der Waals surface area (Å²) in [7, 11) is 1.76. The van der Waals surface area contributed by atoms with Gasteiger partial charge in [-0.25, -0.2) is 19.3 Å². The minimum atomic E-state index is -0.383. The van der Waals surface area contributed by atoms with Crippen LogP contribution in [0.25, 0.3) is 22.3 Å². The molecular weight excluding hydrogens is 397 g/mol. The molecule has 1 aliphatic rings. The lowest BCUT2D eigenvalue weighted by Gasteiger charge is -2.34. The van der Waals surface area contributed by atoms with E-state index in [0.717, 1.165) is 0 Å². The van der Waals surface area contributed by atoms with Gasteiger partial charge in [0.2, 0.25) is 5.95 Å². The first-order valence-electron chi connectivity index (χ1n) is 10.0. The second-order valence-corrected chi connectivity index (χ2v) is 7.37. The number of anilines is 1. The number of carbonyl (C=O) groups is 1. The molecular formula is C22H20FN7O. The van der Waals surface area contributed by atoms with Crippen molar-refractivity contribution in [2.75, 3.05) is 31.1 Å². The summed E-state index contributed by atoms with van der Waals surface area (Å²) >= 11 is 0. The summed E-state index contributed by atoms with van der Waals surface area (Å²) in [5, 5.41) is 4.91. The number of piperazine rings is 1. The van der Waals surface area contributed by atoms with Gasteiger partial charge in [0.15, 0.2) is 5.65 Å². The Balaban J connectivity index is 1.47. The fourth-order valence-corrected chi connectivity index (χ4v) is 3.83. The van der Waals surface area contributed by atoms with E-state index in [0.29, 0.717) is 60.0 Å². The molecule has 0 radical (unpaired) electrons. The Morgan fingerprint density at radius 1 is 1.03 bits per heavy atom. The summed E-state index contributed by atoms with van der Waals surface area (Å²) in [4.78, 5) is 30.4. The van der Waals surface area contributed by atoms with Gasteiger partial charge < -0.3 is 9.80 Å². The molecule has 0 spiro atoms. The highest BCUT2D eigenvalue weighted by Crippen LogP contribution is 2.27. The van der Waals surface area contributed by atoms with Crippen molar-refractivity contribution >= 4 is 22.9 Å². The average Bonchev–Trinajstić information content (AvgIpc) is 3.20. The predicted molar refractivity (Wildman–Crippen MR) is 114 cm³/mol. The molecule has 4 aromatic rings. The van der Waals surface area contributed by atoms with Gasteiger partial charge in [0.05, 0.1) is 22.8 Å². The maximum Gasteiger partial charge on any atom is 0.254 e. The van der Waals surface area contributed by atoms with Crippen molar-refractivity contribution in [2.45, 2.75) is 0 Å². The normalized spacial score (nSPS) is 14.3. The molecule has 1 fully saturated rings. The van der Waals surface area contributed by atoms with E-state index in [9.17, 15) is 9.18 Å². The van der Waals surface area contributed by atoms with Crippen molar-refractivity contribution < 1.29 is 9.18 Å². The lowest BCUT2D eigenvalue weighted by molar-refractivity contribution is 0.0748. The molecule has 156 valence electrons. The molecule has 5 rings (SSSR count). The van der Waals surface area contributed by atoms with Gasteiger partial charge in [0.1, 0.15) is 5.82 Å². The Labute approximate surface area is 178 Å². The monoisotopic (exact) mass is 417 g/mol. The SMILES string of the molecule is Cn1ncc2c(C(=O)N3CCN(c4ncccn4)CC3)cc(-c3ccccc3F)nc21. The zero-order chi connectivity index (χ0) is 21.4. The van der Waals surface area contributed by atoms with Gasteiger partial charge >= 0.3 is 0 Å². The highest BCUT2D eigenvalue weighted by molar-refractivity contribution is 6.06. The third kappa shape index (κ3) is 3.48. The van der Waals surface area contributed by atoms with Crippen LogP contribution in [0.5, 0.6) is 0 Å². The van der Waals surface area contributed by atoms with E-state index >= 15 is 0 Å². The highest BCUT2D eigenvalue weighted by atomic mass is 19.1. The van der Waals surface area contributed by atoms with E-state index in [1.54, 1.807) is 65.6 Å². The van der Waals surface area contributed by atoms with Crippen LogP contribution in [-0.2, 0) is 7.05 Å². The van der Waals surface area contributed by atoms with Crippen LogP contribution < -0.4 is 4.90 Å². The first-order chi connectivity index (χ1) is 15.1. The van der Waals surface area contributed by atoms with Gasteiger partial charge in [-0.2, -0.15) is 5.10 Å². The van der Waals surface area contributed by atoms with Crippen molar-refractivity contribution in [3.63, 3.8) is 0 Å². The Morgan fingerprint density at radius 3 is 2.52 bits per heavy atom. The van der Waals surface area contributed by atoms with Gasteiger partial charge in [-0.05, 0) is 24.3 Å². The van der Waals surface area contributed by atoms with Crippen LogP contribution in [0.15, 0.2) is 55.0 Å². The third-order valence-corrected chi connectivity index (χ3v) is 5.49. The van der Waals surface area contributed by atoms with Gasteiger partial charge in [-0.15, -0.1) is 0 Å². The molecule has 0 atom stereocenters. The Kier molecular flexibility index (Phi) is 4.78. The number of fused-ring (bicyclic) bond motifs is 1. The number of halogens is 1. The van der Waals surface area contributed by atoms with Crippen LogP contribution in [0.4, 0.5) is 10.3 Å². The van der Waals surface area contributed by atoms with E-state index in [4.69, 9.17) is 0 Å². The molecule has 8 nitrogen and oxygen atoms in total. The van der Waals surface area contributed by atoms with E-state index in [-0.39, 0.29) is 11.7 Å². The maximum atomic E-state index is 14.4. The summed E-state index contributed by atoms with van der Waals surface area (Å²) in [6.45, 7) is 2.35. The number of aromatic nitrogens is 5. The van der Waals surface area contributed by atoms with E-state index in [1.165, 1.54) is 6.07 Å². The van der Waals surface area contributed by atoms with Crippen molar-refractivity contribution in [3.8, 4) is 11.3 Å². The highest BCUT2D eigenvalue weighted by Gasteiger charge is 2.26. The van der Waals surface area contributed by atoms with Crippen molar-refractivity contribution in [2.24, 2.45) is 7.05 Å². The van der Waals surface area contributed by atoms with Crippen molar-refractivity contribution in [3.05, 3.63) is 66.4 Å².